The van der Waals surface area contributed by atoms with Gasteiger partial charge in [-0.2, -0.15) is 0 Å². The van der Waals surface area contributed by atoms with Gasteiger partial charge in [-0.1, -0.05) is 23.7 Å². The monoisotopic (exact) mass is 503 g/mol. The molecule has 1 aromatic heterocycles. The summed E-state index contributed by atoms with van der Waals surface area (Å²) in [4.78, 5) is 40.3. The second kappa shape index (κ2) is 7.95. The minimum atomic E-state index is -3.33. The zero-order valence-corrected chi connectivity index (χ0v) is 20.4. The van der Waals surface area contributed by atoms with Gasteiger partial charge in [-0.25, -0.2) is 8.42 Å². The van der Waals surface area contributed by atoms with Gasteiger partial charge in [0.1, 0.15) is 11.3 Å². The number of amides is 2. The van der Waals surface area contributed by atoms with Crippen LogP contribution in [0.2, 0.25) is 5.02 Å². The number of aromatic nitrogens is 1. The lowest BCUT2D eigenvalue weighted by Gasteiger charge is -2.33. The van der Waals surface area contributed by atoms with E-state index in [0.29, 0.717) is 30.7 Å². The zero-order valence-electron chi connectivity index (χ0n) is 18.8. The Morgan fingerprint density at radius 2 is 1.71 bits per heavy atom. The summed E-state index contributed by atoms with van der Waals surface area (Å²) in [5.74, 6) is -0.898. The summed E-state index contributed by atoms with van der Waals surface area (Å²) in [5.41, 5.74) is 0.446. The van der Waals surface area contributed by atoms with Gasteiger partial charge in [-0.05, 0) is 62.4 Å². The second-order valence-corrected chi connectivity index (χ2v) is 13.1. The number of sulfone groups is 1. The Bertz CT molecular complexity index is 1340. The van der Waals surface area contributed by atoms with Crippen molar-refractivity contribution < 1.29 is 18.0 Å². The average molecular weight is 504 g/mol. The largest absolute Gasteiger partial charge is 0.348 e. The molecule has 3 aliphatic rings. The molecule has 0 bridgehead atoms. The van der Waals surface area contributed by atoms with Crippen LogP contribution in [0.1, 0.15) is 59.0 Å². The Labute approximate surface area is 202 Å². The van der Waals surface area contributed by atoms with Crippen LogP contribution in [0.4, 0.5) is 0 Å². The summed E-state index contributed by atoms with van der Waals surface area (Å²) in [6.07, 6.45) is 2.47. The minimum Gasteiger partial charge on any atom is -0.348 e. The number of hydrogen-bond donors (Lipinski definition) is 1. The molecule has 2 fully saturated rings. The maximum atomic E-state index is 13.1. The molecule has 2 aliphatic carbocycles. The van der Waals surface area contributed by atoms with Crippen molar-refractivity contribution in [2.45, 2.75) is 55.2 Å². The molecule has 0 spiro atoms. The van der Waals surface area contributed by atoms with Gasteiger partial charge in [0, 0.05) is 31.2 Å². The SMILES string of the molecule is CC1(S(=O)(=O)C2(CN3CCn4c(ccc(C(=O)NCc5ccc(Cl)cc5)c4=O)C3=O)CC2)CC1. The molecular weight excluding hydrogens is 478 g/mol. The maximum absolute atomic E-state index is 13.1. The Kier molecular flexibility index (Phi) is 5.40. The van der Waals surface area contributed by atoms with Crippen molar-refractivity contribution in [3.8, 4) is 0 Å². The quantitative estimate of drug-likeness (QED) is 0.624. The highest BCUT2D eigenvalue weighted by Crippen LogP contribution is 2.56. The van der Waals surface area contributed by atoms with Gasteiger partial charge in [-0.15, -0.1) is 0 Å². The lowest BCUT2D eigenvalue weighted by atomic mass is 10.1. The highest BCUT2D eigenvalue weighted by molar-refractivity contribution is 7.94. The first-order valence-electron chi connectivity index (χ1n) is 11.4. The molecular formula is C24H26ClN3O5S. The fraction of sp³-hybridized carbons (Fsp3) is 0.458. The zero-order chi connectivity index (χ0) is 24.3. The lowest BCUT2D eigenvalue weighted by molar-refractivity contribution is 0.0694. The number of pyridine rings is 1. The third kappa shape index (κ3) is 3.75. The van der Waals surface area contributed by atoms with Gasteiger partial charge in [0.2, 0.25) is 0 Å². The van der Waals surface area contributed by atoms with Crippen molar-refractivity contribution in [3.05, 3.63) is 68.6 Å². The van der Waals surface area contributed by atoms with Crippen LogP contribution < -0.4 is 10.9 Å². The molecule has 10 heteroatoms. The number of rotatable bonds is 7. The van der Waals surface area contributed by atoms with Gasteiger partial charge < -0.3 is 14.8 Å². The van der Waals surface area contributed by atoms with Crippen molar-refractivity contribution in [2.24, 2.45) is 0 Å². The normalized spacial score (nSPS) is 19.9. The van der Waals surface area contributed by atoms with E-state index in [2.05, 4.69) is 5.32 Å². The highest BCUT2D eigenvalue weighted by atomic mass is 35.5. The first-order valence-corrected chi connectivity index (χ1v) is 13.2. The Hall–Kier alpha value is -2.65. The molecule has 2 heterocycles. The first kappa shape index (κ1) is 23.1. The van der Waals surface area contributed by atoms with E-state index in [0.717, 1.165) is 5.56 Å². The van der Waals surface area contributed by atoms with Crippen LogP contribution >= 0.6 is 11.6 Å². The van der Waals surface area contributed by atoms with E-state index in [1.807, 2.05) is 0 Å². The third-order valence-electron chi connectivity index (χ3n) is 7.34. The van der Waals surface area contributed by atoms with Crippen LogP contribution in [-0.4, -0.2) is 52.3 Å². The van der Waals surface area contributed by atoms with Gasteiger partial charge >= 0.3 is 0 Å². The Morgan fingerprint density at radius 1 is 1.03 bits per heavy atom. The highest BCUT2D eigenvalue weighted by Gasteiger charge is 2.65. The van der Waals surface area contributed by atoms with Crippen LogP contribution in [-0.2, 0) is 22.9 Å². The van der Waals surface area contributed by atoms with Crippen LogP contribution in [0.25, 0.3) is 0 Å². The van der Waals surface area contributed by atoms with Crippen LogP contribution in [0, 0.1) is 0 Å². The number of benzene rings is 1. The standard InChI is InChI=1S/C24H26ClN3O5S/c1-23(8-9-23)34(32,33)24(10-11-24)15-27-12-13-28-19(22(27)31)7-6-18(21(28)30)20(29)26-14-16-2-4-17(25)5-3-16/h2-7H,8-15H2,1H3,(H,26,29). The van der Waals surface area contributed by atoms with E-state index in [4.69, 9.17) is 11.6 Å². The van der Waals surface area contributed by atoms with Crippen molar-refractivity contribution in [3.63, 3.8) is 0 Å². The second-order valence-electron chi connectivity index (χ2n) is 9.76. The molecule has 5 rings (SSSR count). The summed E-state index contributed by atoms with van der Waals surface area (Å²) in [6, 6.07) is 9.84. The maximum Gasteiger partial charge on any atom is 0.270 e. The molecule has 34 heavy (non-hydrogen) atoms. The van der Waals surface area contributed by atoms with E-state index < -0.39 is 30.8 Å². The van der Waals surface area contributed by atoms with Gasteiger partial charge in [0.15, 0.2) is 9.84 Å². The van der Waals surface area contributed by atoms with Crippen LogP contribution in [0.15, 0.2) is 41.2 Å². The van der Waals surface area contributed by atoms with E-state index in [9.17, 15) is 22.8 Å². The van der Waals surface area contributed by atoms with Crippen molar-refractivity contribution >= 4 is 33.3 Å². The minimum absolute atomic E-state index is 0.0399. The molecule has 2 aromatic rings. The Balaban J connectivity index is 1.31. The predicted molar refractivity (Wildman–Crippen MR) is 128 cm³/mol. The fourth-order valence-electron chi connectivity index (χ4n) is 4.64. The molecule has 1 N–H and O–H groups in total. The molecule has 0 saturated heterocycles. The molecule has 2 saturated carbocycles. The summed E-state index contributed by atoms with van der Waals surface area (Å²) >= 11 is 5.87. The number of nitrogens with zero attached hydrogens (tertiary/aromatic N) is 2. The fourth-order valence-corrected chi connectivity index (χ4v) is 7.42. The van der Waals surface area contributed by atoms with E-state index in [-0.39, 0.29) is 43.3 Å². The smallest absolute Gasteiger partial charge is 0.270 e. The number of fused-ring (bicyclic) bond motifs is 1. The van der Waals surface area contributed by atoms with Gasteiger partial charge in [0.05, 0.1) is 9.49 Å². The van der Waals surface area contributed by atoms with E-state index >= 15 is 0 Å². The van der Waals surface area contributed by atoms with Crippen LogP contribution in [0.5, 0.6) is 0 Å². The van der Waals surface area contributed by atoms with E-state index in [1.54, 1.807) is 36.1 Å². The van der Waals surface area contributed by atoms with E-state index in [1.165, 1.54) is 16.7 Å². The average Bonchev–Trinajstić information content (AvgIpc) is 3.73. The summed E-state index contributed by atoms with van der Waals surface area (Å²) in [7, 11) is -3.33. The number of hydrogen-bond acceptors (Lipinski definition) is 5. The van der Waals surface area contributed by atoms with Crippen LogP contribution in [0.3, 0.4) is 0 Å². The number of nitrogens with one attached hydrogen (secondary N) is 1. The first-order chi connectivity index (χ1) is 16.1. The van der Waals surface area contributed by atoms with Crippen molar-refractivity contribution in [2.75, 3.05) is 13.1 Å². The molecule has 0 radical (unpaired) electrons. The molecule has 0 atom stereocenters. The molecule has 8 nitrogen and oxygen atoms in total. The topological polar surface area (TPSA) is 106 Å². The van der Waals surface area contributed by atoms with Crippen molar-refractivity contribution in [1.29, 1.82) is 0 Å². The molecule has 1 aliphatic heterocycles. The third-order valence-corrected chi connectivity index (χ3v) is 11.0. The Morgan fingerprint density at radius 3 is 2.32 bits per heavy atom. The lowest BCUT2D eigenvalue weighted by Crippen LogP contribution is -2.51. The molecule has 2 amide bonds. The number of carbonyl (C=O) groups excluding carboxylic acids is 2. The summed E-state index contributed by atoms with van der Waals surface area (Å²) < 4.78 is 26.1. The van der Waals surface area contributed by atoms with Gasteiger partial charge in [0.25, 0.3) is 17.4 Å². The summed E-state index contributed by atoms with van der Waals surface area (Å²) in [5, 5.41) is 3.31. The molecule has 1 aromatic carbocycles. The number of carbonyl (C=O) groups is 2. The van der Waals surface area contributed by atoms with Gasteiger partial charge in [-0.3, -0.25) is 14.4 Å². The molecule has 0 unspecified atom stereocenters. The van der Waals surface area contributed by atoms with Crippen molar-refractivity contribution in [1.82, 2.24) is 14.8 Å². The predicted octanol–water partition coefficient (Wildman–Crippen LogP) is 2.39. The molecule has 180 valence electrons. The number of halogens is 1. The summed E-state index contributed by atoms with van der Waals surface area (Å²) in [6.45, 7) is 2.62.